The molecule has 20 heavy (non-hydrogen) atoms. The van der Waals surface area contributed by atoms with Gasteiger partial charge in [-0.2, -0.15) is 0 Å². The van der Waals surface area contributed by atoms with Gasteiger partial charge in [-0.15, -0.1) is 0 Å². The Morgan fingerprint density at radius 3 is 2.55 bits per heavy atom. The molecular weight excluding hydrogens is 261 g/mol. The van der Waals surface area contributed by atoms with Crippen molar-refractivity contribution >= 4 is 5.91 Å². The second-order valence-corrected chi connectivity index (χ2v) is 4.01. The second-order valence-electron chi connectivity index (χ2n) is 4.01. The van der Waals surface area contributed by atoms with Gasteiger partial charge in [0.15, 0.2) is 0 Å². The standard InChI is InChI=1S/C15H14FNO3/c16-11-4-3-5-12(10-11)19-8-9-20-14-7-2-1-6-13(14)15(17)18/h1-7,10H,8-9H2,(H2,17,18). The van der Waals surface area contributed by atoms with Crippen molar-refractivity contribution in [3.05, 3.63) is 59.9 Å². The summed E-state index contributed by atoms with van der Waals surface area (Å²) in [6.07, 6.45) is 0. The molecule has 2 rings (SSSR count). The van der Waals surface area contributed by atoms with Crippen molar-refractivity contribution in [1.82, 2.24) is 0 Å². The summed E-state index contributed by atoms with van der Waals surface area (Å²) >= 11 is 0. The van der Waals surface area contributed by atoms with Gasteiger partial charge < -0.3 is 15.2 Å². The Hall–Kier alpha value is -2.56. The molecule has 5 heteroatoms. The number of ether oxygens (including phenoxy) is 2. The maximum absolute atomic E-state index is 12.9. The lowest BCUT2D eigenvalue weighted by molar-refractivity contribution is 0.0995. The lowest BCUT2D eigenvalue weighted by Crippen LogP contribution is -2.15. The highest BCUT2D eigenvalue weighted by molar-refractivity contribution is 5.95. The third-order valence-electron chi connectivity index (χ3n) is 2.56. The van der Waals surface area contributed by atoms with Crippen molar-refractivity contribution in [2.45, 2.75) is 0 Å². The van der Waals surface area contributed by atoms with Gasteiger partial charge >= 0.3 is 0 Å². The smallest absolute Gasteiger partial charge is 0.252 e. The van der Waals surface area contributed by atoms with Crippen molar-refractivity contribution in [3.63, 3.8) is 0 Å². The van der Waals surface area contributed by atoms with Gasteiger partial charge in [0.1, 0.15) is 30.5 Å². The van der Waals surface area contributed by atoms with Gasteiger partial charge in [0.2, 0.25) is 0 Å². The van der Waals surface area contributed by atoms with Gasteiger partial charge in [0.05, 0.1) is 5.56 Å². The molecule has 0 aliphatic rings. The molecule has 1 amide bonds. The summed E-state index contributed by atoms with van der Waals surface area (Å²) in [5.74, 6) is -0.0752. The molecule has 2 aromatic rings. The molecule has 0 radical (unpaired) electrons. The molecule has 0 atom stereocenters. The summed E-state index contributed by atoms with van der Waals surface area (Å²) in [6.45, 7) is 0.456. The minimum Gasteiger partial charge on any atom is -0.490 e. The van der Waals surface area contributed by atoms with Crippen LogP contribution < -0.4 is 15.2 Å². The van der Waals surface area contributed by atoms with Gasteiger partial charge in [-0.05, 0) is 24.3 Å². The molecule has 0 aliphatic heterocycles. The number of hydrogen-bond donors (Lipinski definition) is 1. The van der Waals surface area contributed by atoms with Gasteiger partial charge in [0.25, 0.3) is 5.91 Å². The van der Waals surface area contributed by atoms with E-state index in [4.69, 9.17) is 15.2 Å². The van der Waals surface area contributed by atoms with Crippen LogP contribution in [0.15, 0.2) is 48.5 Å². The highest BCUT2D eigenvalue weighted by Gasteiger charge is 2.07. The van der Waals surface area contributed by atoms with Gasteiger partial charge in [-0.25, -0.2) is 4.39 Å². The minimum atomic E-state index is -0.549. The zero-order valence-electron chi connectivity index (χ0n) is 10.7. The van der Waals surface area contributed by atoms with E-state index in [0.717, 1.165) is 0 Å². The second kappa shape index (κ2) is 6.56. The van der Waals surface area contributed by atoms with Crippen molar-refractivity contribution in [3.8, 4) is 11.5 Å². The van der Waals surface area contributed by atoms with Crippen LogP contribution in [-0.2, 0) is 0 Å². The molecule has 0 unspecified atom stereocenters. The maximum Gasteiger partial charge on any atom is 0.252 e. The number of para-hydroxylation sites is 1. The molecule has 0 aliphatic carbocycles. The van der Waals surface area contributed by atoms with E-state index in [-0.39, 0.29) is 19.0 Å². The highest BCUT2D eigenvalue weighted by Crippen LogP contribution is 2.17. The summed E-state index contributed by atoms with van der Waals surface area (Å²) in [6, 6.07) is 12.5. The van der Waals surface area contributed by atoms with Crippen LogP contribution in [0.1, 0.15) is 10.4 Å². The van der Waals surface area contributed by atoms with E-state index in [1.807, 2.05) is 0 Å². The van der Waals surface area contributed by atoms with Crippen LogP contribution in [0.4, 0.5) is 4.39 Å². The molecule has 0 fully saturated rings. The van der Waals surface area contributed by atoms with Gasteiger partial charge in [0, 0.05) is 6.07 Å². The maximum atomic E-state index is 12.9. The Kier molecular flexibility index (Phi) is 4.55. The molecule has 2 N–H and O–H groups in total. The molecule has 0 spiro atoms. The summed E-state index contributed by atoms with van der Waals surface area (Å²) in [5.41, 5.74) is 5.55. The van der Waals surface area contributed by atoms with E-state index < -0.39 is 5.91 Å². The summed E-state index contributed by atoms with van der Waals surface area (Å²) in [4.78, 5) is 11.2. The third-order valence-corrected chi connectivity index (χ3v) is 2.56. The Balaban J connectivity index is 1.86. The fourth-order valence-electron chi connectivity index (χ4n) is 1.66. The Labute approximate surface area is 115 Å². The van der Waals surface area contributed by atoms with E-state index >= 15 is 0 Å². The van der Waals surface area contributed by atoms with E-state index in [9.17, 15) is 9.18 Å². The topological polar surface area (TPSA) is 61.6 Å². The lowest BCUT2D eigenvalue weighted by atomic mass is 10.2. The third kappa shape index (κ3) is 3.71. The number of rotatable bonds is 6. The fourth-order valence-corrected chi connectivity index (χ4v) is 1.66. The van der Waals surface area contributed by atoms with E-state index in [0.29, 0.717) is 17.1 Å². The first-order valence-corrected chi connectivity index (χ1v) is 6.07. The molecular formula is C15H14FNO3. The van der Waals surface area contributed by atoms with Crippen LogP contribution >= 0.6 is 0 Å². The van der Waals surface area contributed by atoms with Crippen LogP contribution in [0.3, 0.4) is 0 Å². The zero-order chi connectivity index (χ0) is 14.4. The van der Waals surface area contributed by atoms with E-state index in [2.05, 4.69) is 0 Å². The SMILES string of the molecule is NC(=O)c1ccccc1OCCOc1cccc(F)c1. The molecule has 0 aromatic heterocycles. The van der Waals surface area contributed by atoms with Crippen molar-refractivity contribution in [1.29, 1.82) is 0 Å². The first-order chi connectivity index (χ1) is 9.66. The highest BCUT2D eigenvalue weighted by atomic mass is 19.1. The zero-order valence-corrected chi connectivity index (χ0v) is 10.7. The number of halogens is 1. The van der Waals surface area contributed by atoms with Crippen LogP contribution in [0.2, 0.25) is 0 Å². The first-order valence-electron chi connectivity index (χ1n) is 6.07. The predicted molar refractivity (Wildman–Crippen MR) is 72.3 cm³/mol. The predicted octanol–water partition coefficient (Wildman–Crippen LogP) is 2.38. The number of benzene rings is 2. The quantitative estimate of drug-likeness (QED) is 0.823. The van der Waals surface area contributed by atoms with E-state index in [1.54, 1.807) is 36.4 Å². The van der Waals surface area contributed by atoms with Crippen LogP contribution in [0.25, 0.3) is 0 Å². The van der Waals surface area contributed by atoms with Crippen LogP contribution in [0, 0.1) is 5.82 Å². The molecule has 0 heterocycles. The number of hydrogen-bond acceptors (Lipinski definition) is 3. The van der Waals surface area contributed by atoms with Crippen molar-refractivity contribution in [2.24, 2.45) is 5.73 Å². The molecule has 104 valence electrons. The van der Waals surface area contributed by atoms with E-state index in [1.165, 1.54) is 12.1 Å². The van der Waals surface area contributed by atoms with Gasteiger partial charge in [-0.3, -0.25) is 4.79 Å². The first kappa shape index (κ1) is 13.9. The number of primary amides is 1. The lowest BCUT2D eigenvalue weighted by Gasteiger charge is -2.10. The molecule has 4 nitrogen and oxygen atoms in total. The average molecular weight is 275 g/mol. The summed E-state index contributed by atoms with van der Waals surface area (Å²) in [7, 11) is 0. The number of amides is 1. The summed E-state index contributed by atoms with van der Waals surface area (Å²) in [5, 5.41) is 0. The van der Waals surface area contributed by atoms with Crippen LogP contribution in [-0.4, -0.2) is 19.1 Å². The number of nitrogens with two attached hydrogens (primary N) is 1. The number of carbonyl (C=O) groups excluding carboxylic acids is 1. The molecule has 0 saturated heterocycles. The molecule has 0 saturated carbocycles. The average Bonchev–Trinajstić information content (AvgIpc) is 2.44. The Morgan fingerprint density at radius 2 is 1.80 bits per heavy atom. The van der Waals surface area contributed by atoms with Crippen LogP contribution in [0.5, 0.6) is 11.5 Å². The van der Waals surface area contributed by atoms with Crippen molar-refractivity contribution in [2.75, 3.05) is 13.2 Å². The molecule has 2 aromatic carbocycles. The fraction of sp³-hybridized carbons (Fsp3) is 0.133. The monoisotopic (exact) mass is 275 g/mol. The Morgan fingerprint density at radius 1 is 1.05 bits per heavy atom. The van der Waals surface area contributed by atoms with Gasteiger partial charge in [-0.1, -0.05) is 18.2 Å². The largest absolute Gasteiger partial charge is 0.490 e. The molecule has 0 bridgehead atoms. The Bertz CT molecular complexity index is 601. The minimum absolute atomic E-state index is 0.223. The number of carbonyl (C=O) groups is 1. The van der Waals surface area contributed by atoms with Crippen molar-refractivity contribution < 1.29 is 18.7 Å². The normalized spacial score (nSPS) is 10.1. The summed E-state index contributed by atoms with van der Waals surface area (Å²) < 4.78 is 23.7.